The van der Waals surface area contributed by atoms with Crippen LogP contribution in [-0.2, 0) is 12.8 Å². The lowest BCUT2D eigenvalue weighted by Gasteiger charge is -2.31. The Labute approximate surface area is 168 Å². The van der Waals surface area contributed by atoms with Gasteiger partial charge in [-0.2, -0.15) is 8.78 Å². The van der Waals surface area contributed by atoms with Crippen molar-refractivity contribution in [2.75, 3.05) is 25.5 Å². The van der Waals surface area contributed by atoms with Gasteiger partial charge in [0.05, 0.1) is 0 Å². The number of nitrogens with one attached hydrogen (secondary N) is 1. The van der Waals surface area contributed by atoms with E-state index in [1.807, 2.05) is 0 Å². The van der Waals surface area contributed by atoms with Crippen molar-refractivity contribution in [2.45, 2.75) is 44.8 Å². The van der Waals surface area contributed by atoms with Crippen molar-refractivity contribution in [1.82, 2.24) is 15.1 Å². The highest BCUT2D eigenvalue weighted by Gasteiger charge is 2.26. The summed E-state index contributed by atoms with van der Waals surface area (Å²) in [5.41, 5.74) is 3.30. The minimum Gasteiger partial charge on any atom is -0.434 e. The Hall–Kier alpha value is -1.99. The second kappa shape index (κ2) is 8.17. The van der Waals surface area contributed by atoms with Crippen LogP contribution in [0, 0.1) is 0 Å². The molecule has 0 spiro atoms. The van der Waals surface area contributed by atoms with Crippen molar-refractivity contribution in [2.24, 2.45) is 0 Å². The fourth-order valence-corrected chi connectivity index (χ4v) is 4.34. The van der Waals surface area contributed by atoms with Crippen LogP contribution < -0.4 is 10.1 Å². The zero-order valence-electron chi connectivity index (χ0n) is 15.7. The summed E-state index contributed by atoms with van der Waals surface area (Å²) in [5.74, 6) is 0.849. The summed E-state index contributed by atoms with van der Waals surface area (Å²) in [4.78, 5) is 2.31. The van der Waals surface area contributed by atoms with Gasteiger partial charge in [-0.25, -0.2) is 0 Å². The Kier molecular flexibility index (Phi) is 5.64. The van der Waals surface area contributed by atoms with Gasteiger partial charge in [-0.15, -0.1) is 10.2 Å². The number of rotatable bonds is 5. The first-order valence-corrected chi connectivity index (χ1v) is 9.97. The van der Waals surface area contributed by atoms with Crippen LogP contribution in [0.5, 0.6) is 5.75 Å². The lowest BCUT2D eigenvalue weighted by molar-refractivity contribution is -0.0494. The molecule has 1 N–H and O–H groups in total. The van der Waals surface area contributed by atoms with Gasteiger partial charge in [0, 0.05) is 28.7 Å². The van der Waals surface area contributed by atoms with E-state index in [1.54, 1.807) is 12.1 Å². The van der Waals surface area contributed by atoms with Gasteiger partial charge in [-0.1, -0.05) is 11.6 Å². The van der Waals surface area contributed by atoms with E-state index < -0.39 is 6.61 Å². The molecule has 1 aromatic heterocycles. The number of likely N-dealkylation sites (N-methyl/N-ethyl adjacent to an activating group) is 1. The summed E-state index contributed by atoms with van der Waals surface area (Å²) >= 11 is 5.98. The largest absolute Gasteiger partial charge is 0.434 e. The first-order valence-electron chi connectivity index (χ1n) is 9.59. The third kappa shape index (κ3) is 4.05. The molecule has 1 saturated heterocycles. The fraction of sp³-hybridized carbons (Fsp3) is 0.500. The number of hydrogen-bond acceptors (Lipinski definition) is 5. The Balaban J connectivity index is 1.68. The third-order valence-corrected chi connectivity index (χ3v) is 5.65. The van der Waals surface area contributed by atoms with E-state index in [0.29, 0.717) is 22.3 Å². The van der Waals surface area contributed by atoms with Crippen LogP contribution in [0.25, 0.3) is 11.3 Å². The molecule has 1 fully saturated rings. The van der Waals surface area contributed by atoms with Gasteiger partial charge in [0.15, 0.2) is 5.82 Å². The number of aromatic nitrogens is 2. The van der Waals surface area contributed by atoms with Crippen LogP contribution in [0.1, 0.15) is 30.4 Å². The highest BCUT2D eigenvalue weighted by Crippen LogP contribution is 2.39. The summed E-state index contributed by atoms with van der Waals surface area (Å²) in [6, 6.07) is 5.07. The number of nitrogens with zero attached hydrogens (tertiary/aromatic N) is 3. The molecular formula is C20H23ClF2N4O. The minimum absolute atomic E-state index is 0.0283. The number of ether oxygens (including phenoxy) is 1. The van der Waals surface area contributed by atoms with Gasteiger partial charge >= 0.3 is 6.61 Å². The van der Waals surface area contributed by atoms with Crippen molar-refractivity contribution in [3.05, 3.63) is 34.3 Å². The average molecular weight is 409 g/mol. The van der Waals surface area contributed by atoms with Gasteiger partial charge in [0.1, 0.15) is 11.4 Å². The van der Waals surface area contributed by atoms with Gasteiger partial charge in [-0.05, 0) is 69.5 Å². The molecule has 5 nitrogen and oxygen atoms in total. The van der Waals surface area contributed by atoms with Crippen molar-refractivity contribution in [3.63, 3.8) is 0 Å². The number of likely N-dealkylation sites (tertiary alicyclic amines) is 1. The number of hydrogen-bond donors (Lipinski definition) is 1. The molecule has 2 aromatic rings. The molecule has 0 amide bonds. The Morgan fingerprint density at radius 3 is 2.82 bits per heavy atom. The molecule has 28 heavy (non-hydrogen) atoms. The minimum atomic E-state index is -2.93. The smallest absolute Gasteiger partial charge is 0.387 e. The molecule has 0 saturated carbocycles. The monoisotopic (exact) mass is 408 g/mol. The lowest BCUT2D eigenvalue weighted by atomic mass is 10.0. The Morgan fingerprint density at radius 2 is 2.04 bits per heavy atom. The number of piperidine rings is 1. The predicted octanol–water partition coefficient (Wildman–Crippen LogP) is 4.39. The molecule has 1 atom stereocenters. The second-order valence-electron chi connectivity index (χ2n) is 7.47. The first-order chi connectivity index (χ1) is 13.5. The fourth-order valence-electron chi connectivity index (χ4n) is 4.18. The number of alkyl halides is 2. The molecule has 2 aliphatic rings. The van der Waals surface area contributed by atoms with E-state index in [1.165, 1.54) is 6.07 Å². The van der Waals surface area contributed by atoms with E-state index in [9.17, 15) is 8.78 Å². The maximum absolute atomic E-state index is 12.9. The average Bonchev–Trinajstić information content (AvgIpc) is 3.13. The van der Waals surface area contributed by atoms with Crippen LogP contribution in [-0.4, -0.2) is 47.9 Å². The van der Waals surface area contributed by atoms with E-state index in [4.69, 9.17) is 16.3 Å². The maximum Gasteiger partial charge on any atom is 0.387 e. The molecule has 8 heteroatoms. The Bertz CT molecular complexity index is 864. The predicted molar refractivity (Wildman–Crippen MR) is 105 cm³/mol. The lowest BCUT2D eigenvalue weighted by Crippen LogP contribution is -2.40. The summed E-state index contributed by atoms with van der Waals surface area (Å²) in [6.45, 7) is -0.839. The van der Waals surface area contributed by atoms with E-state index in [-0.39, 0.29) is 5.75 Å². The van der Waals surface area contributed by atoms with Crippen LogP contribution in [0.3, 0.4) is 0 Å². The highest BCUT2D eigenvalue weighted by molar-refractivity contribution is 6.30. The van der Waals surface area contributed by atoms with Crippen molar-refractivity contribution >= 4 is 17.4 Å². The summed E-state index contributed by atoms with van der Waals surface area (Å²) in [6.07, 6.45) is 5.00. The zero-order chi connectivity index (χ0) is 19.7. The number of fused-ring (bicyclic) bond motifs is 1. The topological polar surface area (TPSA) is 50.3 Å². The molecule has 150 valence electrons. The Morgan fingerprint density at radius 1 is 1.21 bits per heavy atom. The number of anilines is 1. The normalized spacial score (nSPS) is 19.7. The van der Waals surface area contributed by atoms with E-state index >= 15 is 0 Å². The summed E-state index contributed by atoms with van der Waals surface area (Å²) in [7, 11) is 2.12. The van der Waals surface area contributed by atoms with E-state index in [2.05, 4.69) is 27.5 Å². The van der Waals surface area contributed by atoms with Crippen LogP contribution in [0.2, 0.25) is 5.02 Å². The molecule has 0 unspecified atom stereocenters. The van der Waals surface area contributed by atoms with E-state index in [0.717, 1.165) is 62.1 Å². The first kappa shape index (κ1) is 19.3. The quantitative estimate of drug-likeness (QED) is 0.795. The van der Waals surface area contributed by atoms with Crippen LogP contribution in [0.4, 0.5) is 14.6 Å². The SMILES string of the molecule is CN1CCC[C@@H](Nc2nnc(-c3ccc(Cl)cc3OC(F)F)c3c2CCC3)C1. The second-order valence-corrected chi connectivity index (χ2v) is 7.91. The number of benzene rings is 1. The van der Waals surface area contributed by atoms with Crippen LogP contribution in [0.15, 0.2) is 18.2 Å². The van der Waals surface area contributed by atoms with Crippen molar-refractivity contribution in [1.29, 1.82) is 0 Å². The van der Waals surface area contributed by atoms with Gasteiger partial charge < -0.3 is 15.0 Å². The van der Waals surface area contributed by atoms with Crippen molar-refractivity contribution < 1.29 is 13.5 Å². The molecule has 1 aliphatic heterocycles. The molecule has 4 rings (SSSR count). The zero-order valence-corrected chi connectivity index (χ0v) is 16.5. The van der Waals surface area contributed by atoms with Gasteiger partial charge in [0.2, 0.25) is 0 Å². The van der Waals surface area contributed by atoms with Crippen LogP contribution >= 0.6 is 11.6 Å². The highest BCUT2D eigenvalue weighted by atomic mass is 35.5. The molecule has 1 aromatic carbocycles. The summed E-state index contributed by atoms with van der Waals surface area (Å²) < 4.78 is 30.4. The number of halogens is 3. The molecule has 1 aliphatic carbocycles. The standard InChI is InChI=1S/C20H23ClF2N4O/c1-27-9-3-4-13(11-27)24-19-15-6-2-5-14(15)18(25-26-19)16-8-7-12(21)10-17(16)28-20(22)23/h7-8,10,13,20H,2-6,9,11H2,1H3,(H,24,26)/t13-/m1/s1. The van der Waals surface area contributed by atoms with Gasteiger partial charge in [-0.3, -0.25) is 0 Å². The summed E-state index contributed by atoms with van der Waals surface area (Å²) in [5, 5.41) is 12.7. The van der Waals surface area contributed by atoms with Gasteiger partial charge in [0.25, 0.3) is 0 Å². The molecule has 0 radical (unpaired) electrons. The van der Waals surface area contributed by atoms with Crippen molar-refractivity contribution in [3.8, 4) is 17.0 Å². The third-order valence-electron chi connectivity index (χ3n) is 5.42. The maximum atomic E-state index is 12.9. The molecular weight excluding hydrogens is 386 g/mol. The molecule has 2 heterocycles. The molecule has 0 bridgehead atoms.